The number of anilines is 3. The quantitative estimate of drug-likeness (QED) is 0.166. The summed E-state index contributed by atoms with van der Waals surface area (Å²) in [6, 6.07) is 5.34. The van der Waals surface area contributed by atoms with Gasteiger partial charge in [-0.2, -0.15) is 13.2 Å². The number of aromatic nitrogens is 2. The Kier molecular flexibility index (Phi) is 10.4. The molecule has 0 spiro atoms. The SMILES string of the molecule is Cc1cc(OC(F)(F)F)ccc1N1CN(c2cc(C)c(=O)n(COP(=O)(OC(C)(C)C)OC(C)(C)C)c2C)C(=O)c2cc(C(F)(F)F)cnc21. The van der Waals surface area contributed by atoms with E-state index in [2.05, 4.69) is 9.72 Å². The molecular formula is C32H37F6N4O7P. The predicted molar refractivity (Wildman–Crippen MR) is 171 cm³/mol. The first-order valence-electron chi connectivity index (χ1n) is 15.1. The second kappa shape index (κ2) is 13.3. The number of halogens is 6. The van der Waals surface area contributed by atoms with Crippen molar-refractivity contribution in [2.24, 2.45) is 0 Å². The van der Waals surface area contributed by atoms with Crippen molar-refractivity contribution < 1.29 is 54.0 Å². The number of amides is 1. The number of ether oxygens (including phenoxy) is 1. The molecule has 50 heavy (non-hydrogen) atoms. The summed E-state index contributed by atoms with van der Waals surface area (Å²) >= 11 is 0. The molecule has 0 radical (unpaired) electrons. The Hall–Kier alpha value is -3.92. The lowest BCUT2D eigenvalue weighted by Gasteiger charge is -2.39. The molecule has 0 aliphatic carbocycles. The number of benzene rings is 1. The number of fused-ring (bicyclic) bond motifs is 1. The molecule has 0 N–H and O–H groups in total. The first kappa shape index (κ1) is 38.9. The van der Waals surface area contributed by atoms with Gasteiger partial charge in [-0.15, -0.1) is 13.2 Å². The molecule has 1 aromatic carbocycles. The predicted octanol–water partition coefficient (Wildman–Crippen LogP) is 8.55. The third kappa shape index (κ3) is 9.05. The van der Waals surface area contributed by atoms with E-state index >= 15 is 0 Å². The Morgan fingerprint density at radius 2 is 1.42 bits per heavy atom. The highest BCUT2D eigenvalue weighted by molar-refractivity contribution is 7.48. The molecule has 0 saturated carbocycles. The normalized spacial score (nSPS) is 14.7. The minimum absolute atomic E-state index is 0.0711. The van der Waals surface area contributed by atoms with Crippen molar-refractivity contribution in [2.75, 3.05) is 16.5 Å². The number of carbonyl (C=O) groups excluding carboxylic acids is 1. The van der Waals surface area contributed by atoms with Gasteiger partial charge in [0.05, 0.1) is 28.0 Å². The van der Waals surface area contributed by atoms with Crippen molar-refractivity contribution in [1.29, 1.82) is 0 Å². The molecule has 4 rings (SSSR count). The van der Waals surface area contributed by atoms with Crippen LogP contribution in [-0.2, 0) is 31.0 Å². The smallest absolute Gasteiger partial charge is 0.406 e. The number of carbonyl (C=O) groups is 1. The molecule has 1 aliphatic rings. The van der Waals surface area contributed by atoms with Gasteiger partial charge in [0.1, 0.15) is 25.0 Å². The Balaban J connectivity index is 1.84. The Morgan fingerprint density at radius 1 is 0.820 bits per heavy atom. The molecule has 0 atom stereocenters. The van der Waals surface area contributed by atoms with E-state index in [1.807, 2.05) is 0 Å². The summed E-state index contributed by atoms with van der Waals surface area (Å²) in [5.74, 6) is -1.63. The lowest BCUT2D eigenvalue weighted by molar-refractivity contribution is -0.274. The molecule has 0 saturated heterocycles. The fourth-order valence-electron chi connectivity index (χ4n) is 5.08. The number of nitrogens with zero attached hydrogens (tertiary/aromatic N) is 4. The Morgan fingerprint density at radius 3 is 1.94 bits per heavy atom. The van der Waals surface area contributed by atoms with Crippen LogP contribution in [0.4, 0.5) is 43.5 Å². The van der Waals surface area contributed by atoms with Crippen molar-refractivity contribution in [3.05, 3.63) is 74.8 Å². The number of rotatable bonds is 8. The molecule has 18 heteroatoms. The maximum atomic E-state index is 14.0. The molecule has 3 heterocycles. The van der Waals surface area contributed by atoms with E-state index in [4.69, 9.17) is 13.6 Å². The number of aryl methyl sites for hydroxylation is 2. The van der Waals surface area contributed by atoms with Gasteiger partial charge < -0.3 is 9.64 Å². The van der Waals surface area contributed by atoms with Crippen LogP contribution in [0.1, 0.15) is 74.3 Å². The number of hydrogen-bond acceptors (Lipinski definition) is 9. The van der Waals surface area contributed by atoms with E-state index in [1.165, 1.54) is 37.8 Å². The molecule has 0 bridgehead atoms. The van der Waals surface area contributed by atoms with Gasteiger partial charge in [-0.25, -0.2) is 9.55 Å². The summed E-state index contributed by atoms with van der Waals surface area (Å²) in [5, 5.41) is 0. The number of hydrogen-bond donors (Lipinski definition) is 0. The fourth-order valence-corrected chi connectivity index (χ4v) is 6.82. The molecule has 274 valence electrons. The Bertz CT molecular complexity index is 1880. The molecule has 1 amide bonds. The monoisotopic (exact) mass is 734 g/mol. The summed E-state index contributed by atoms with van der Waals surface area (Å²) in [5.41, 5.74) is -3.57. The zero-order valence-corrected chi connectivity index (χ0v) is 29.6. The van der Waals surface area contributed by atoms with E-state index in [0.717, 1.165) is 21.6 Å². The Labute approximate surface area is 284 Å². The molecule has 0 unspecified atom stereocenters. The highest BCUT2D eigenvalue weighted by atomic mass is 31.2. The zero-order valence-electron chi connectivity index (χ0n) is 28.7. The van der Waals surface area contributed by atoms with Crippen LogP contribution in [-0.4, -0.2) is 39.7 Å². The topological polar surface area (TPSA) is 112 Å². The van der Waals surface area contributed by atoms with E-state index in [1.54, 1.807) is 41.5 Å². The molecule has 3 aromatic rings. The second-order valence-corrected chi connectivity index (χ2v) is 15.1. The third-order valence-electron chi connectivity index (χ3n) is 7.02. The summed E-state index contributed by atoms with van der Waals surface area (Å²) in [4.78, 5) is 33.8. The summed E-state index contributed by atoms with van der Waals surface area (Å²) in [6.07, 6.45) is -9.29. The van der Waals surface area contributed by atoms with Crippen molar-refractivity contribution in [3.8, 4) is 5.75 Å². The minimum Gasteiger partial charge on any atom is -0.406 e. The van der Waals surface area contributed by atoms with Crippen molar-refractivity contribution in [1.82, 2.24) is 9.55 Å². The van der Waals surface area contributed by atoms with Gasteiger partial charge in [-0.3, -0.25) is 32.6 Å². The summed E-state index contributed by atoms with van der Waals surface area (Å²) < 4.78 is 116. The fraction of sp³-hybridized carbons (Fsp3) is 0.469. The van der Waals surface area contributed by atoms with Crippen LogP contribution < -0.4 is 20.1 Å². The average molecular weight is 735 g/mol. The second-order valence-electron chi connectivity index (χ2n) is 13.5. The number of alkyl halides is 6. The van der Waals surface area contributed by atoms with Crippen LogP contribution >= 0.6 is 7.82 Å². The van der Waals surface area contributed by atoms with Crippen molar-refractivity contribution in [3.63, 3.8) is 0 Å². The molecular weight excluding hydrogens is 697 g/mol. The first-order valence-corrected chi connectivity index (χ1v) is 16.5. The maximum Gasteiger partial charge on any atom is 0.573 e. The first-order chi connectivity index (χ1) is 22.7. The average Bonchev–Trinajstić information content (AvgIpc) is 2.92. The zero-order chi connectivity index (χ0) is 37.8. The molecule has 1 aliphatic heterocycles. The highest BCUT2D eigenvalue weighted by Gasteiger charge is 2.40. The maximum absolute atomic E-state index is 14.0. The van der Waals surface area contributed by atoms with E-state index in [-0.39, 0.29) is 40.7 Å². The standard InChI is InChI=1S/C32H37F6N4O7P/c1-18-12-22(47-32(36,37)38)10-11-24(18)40-16-41(28(44)23-14-21(31(33,34)35)15-39-26(23)40)25-13-19(2)27(43)42(20(25)3)17-46-50(45,48-29(4,5)6)49-30(7,8)9/h10-15H,16-17H2,1-9H3. The van der Waals surface area contributed by atoms with Gasteiger partial charge in [0.15, 0.2) is 0 Å². The van der Waals surface area contributed by atoms with Gasteiger partial charge in [0.2, 0.25) is 0 Å². The summed E-state index contributed by atoms with van der Waals surface area (Å²) in [7, 11) is -4.32. The van der Waals surface area contributed by atoms with Crippen molar-refractivity contribution in [2.45, 2.75) is 92.8 Å². The van der Waals surface area contributed by atoms with E-state index in [9.17, 15) is 40.5 Å². The van der Waals surface area contributed by atoms with Crippen LogP contribution in [0.25, 0.3) is 0 Å². The van der Waals surface area contributed by atoms with Gasteiger partial charge >= 0.3 is 20.4 Å². The number of pyridine rings is 2. The van der Waals surface area contributed by atoms with Gasteiger partial charge in [-0.1, -0.05) is 0 Å². The lowest BCUT2D eigenvalue weighted by atomic mass is 10.1. The van der Waals surface area contributed by atoms with E-state index < -0.39 is 66.6 Å². The van der Waals surface area contributed by atoms with Crippen molar-refractivity contribution >= 4 is 30.9 Å². The minimum atomic E-state index is -4.97. The molecule has 11 nitrogen and oxygen atoms in total. The van der Waals surface area contributed by atoms with Crippen LogP contribution in [0, 0.1) is 20.8 Å². The summed E-state index contributed by atoms with van der Waals surface area (Å²) in [6.45, 7) is 13.0. The largest absolute Gasteiger partial charge is 0.573 e. The molecule has 0 fully saturated rings. The van der Waals surface area contributed by atoms with Gasteiger partial charge in [0.25, 0.3) is 11.5 Å². The van der Waals surface area contributed by atoms with Crippen LogP contribution in [0.2, 0.25) is 0 Å². The highest BCUT2D eigenvalue weighted by Crippen LogP contribution is 2.55. The number of phosphoric acid groups is 1. The van der Waals surface area contributed by atoms with Crippen LogP contribution in [0.15, 0.2) is 41.3 Å². The van der Waals surface area contributed by atoms with Gasteiger partial charge in [0, 0.05) is 23.1 Å². The van der Waals surface area contributed by atoms with Crippen LogP contribution in [0.3, 0.4) is 0 Å². The van der Waals surface area contributed by atoms with Crippen LogP contribution in [0.5, 0.6) is 5.75 Å². The van der Waals surface area contributed by atoms with E-state index in [0.29, 0.717) is 12.3 Å². The number of phosphoric ester groups is 1. The molecule has 2 aromatic heterocycles. The third-order valence-corrected chi connectivity index (χ3v) is 8.99. The van der Waals surface area contributed by atoms with Gasteiger partial charge in [-0.05, 0) is 98.2 Å². The lowest BCUT2D eigenvalue weighted by Crippen LogP contribution is -2.47.